The second-order valence-electron chi connectivity index (χ2n) is 40.4. The molecule has 2 N–H and O–H groups in total. The molecule has 138 heavy (non-hydrogen) atoms. The monoisotopic (exact) mass is 1880 g/mol. The van der Waals surface area contributed by atoms with Gasteiger partial charge in [0, 0.05) is 53.8 Å². The minimum Gasteiger partial charge on any atom is -0.423 e. The Hall–Kier alpha value is -13.9. The van der Waals surface area contributed by atoms with Crippen LogP contribution in [0.3, 0.4) is 0 Å². The minimum absolute atomic E-state index is 0.0870. The maximum absolute atomic E-state index is 9.80. The van der Waals surface area contributed by atoms with Crippen LogP contribution >= 0.6 is 15.9 Å². The standard InChI is InChI=1S/C64H52N2Si.C40H33BrN2.C24H21BO2Si/c1-4-20-50(21-5-1)67(51-22-6-2-7-23-51,52-24-8-3-9-25-52)53-26-18-19-46(42-53)54-27-10-14-31-59(54)66-60-32-15-11-28-55(60)56-43-49(35-36-61(56)66)65-62-33-16-12-29-57(62)64(58-30-13-17-34-63(58)65)47-38-44-37-45(40-47)41-48(64)39-44;41-34-12-4-8-16-39(34)43-35-13-5-1-9-30(35)31-24-29(17-18-36(31)43)42-37-14-6-2-10-32(37)40(33-11-3-7-15-38(33)42)27-20-25-19-26(22-27)23-28(40)21-25;26-25(27)20-11-10-18-24(19-20)28(21-12-4-1-5-13-21,22-14-6-2-7-15-22)23-16-8-3-9-17-23/h1-36,42-45,47-48H,37-41H2;1-18,24-28H,19-23H2;1-19,26-27H. The number of nitrogens with zero attached hydrogens (tertiary/aromatic N) is 4. The molecule has 10 aliphatic rings. The smallest absolute Gasteiger partial charge is 0.423 e. The third-order valence-corrected chi connectivity index (χ3v) is 44.0. The highest BCUT2D eigenvalue weighted by atomic mass is 79.9. The number of para-hydroxylation sites is 8. The van der Waals surface area contributed by atoms with Crippen molar-refractivity contribution in [3.8, 4) is 22.5 Å². The van der Waals surface area contributed by atoms with E-state index in [9.17, 15) is 10.0 Å². The van der Waals surface area contributed by atoms with Crippen molar-refractivity contribution in [1.29, 1.82) is 0 Å². The quantitative estimate of drug-likeness (QED) is 0.0841. The molecule has 2 aliphatic heterocycles. The second kappa shape index (κ2) is 34.3. The third-order valence-electron chi connectivity index (χ3n) is 33.7. The fraction of sp³-hybridized carbons (Fsp3) is 0.156. The summed E-state index contributed by atoms with van der Waals surface area (Å²) in [5.41, 5.74) is 24.6. The van der Waals surface area contributed by atoms with Crippen molar-refractivity contribution in [2.24, 2.45) is 47.3 Å². The Labute approximate surface area is 819 Å². The van der Waals surface area contributed by atoms with Crippen molar-refractivity contribution in [1.82, 2.24) is 9.13 Å². The molecule has 18 aromatic carbocycles. The normalized spacial score (nSPS) is 19.6. The Morgan fingerprint density at radius 1 is 0.239 bits per heavy atom. The van der Waals surface area contributed by atoms with Crippen LogP contribution in [0.1, 0.15) is 86.5 Å². The average Bonchev–Trinajstić information content (AvgIpc) is 0.745. The predicted molar refractivity (Wildman–Crippen MR) is 583 cm³/mol. The average molecular weight is 1880 g/mol. The van der Waals surface area contributed by atoms with Crippen LogP contribution in [0.5, 0.6) is 0 Å². The summed E-state index contributed by atoms with van der Waals surface area (Å²) in [6.07, 6.45) is 14.0. The van der Waals surface area contributed by atoms with Crippen LogP contribution in [0.4, 0.5) is 34.1 Å². The first-order chi connectivity index (χ1) is 68.1. The van der Waals surface area contributed by atoms with Gasteiger partial charge in [-0.25, -0.2) is 0 Å². The van der Waals surface area contributed by atoms with Crippen molar-refractivity contribution in [3.05, 3.63) is 488 Å². The van der Waals surface area contributed by atoms with E-state index in [1.54, 1.807) is 28.3 Å². The number of hydrogen-bond donors (Lipinski definition) is 2. The van der Waals surface area contributed by atoms with E-state index in [-0.39, 0.29) is 10.8 Å². The van der Waals surface area contributed by atoms with E-state index in [1.165, 1.54) is 201 Å². The molecular formula is C128H106BBrN4O2Si2. The molecule has 8 bridgehead atoms. The minimum atomic E-state index is -2.74. The lowest BCUT2D eigenvalue weighted by Gasteiger charge is -2.64. The summed E-state index contributed by atoms with van der Waals surface area (Å²) in [5.74, 6) is 6.62. The fourth-order valence-electron chi connectivity index (χ4n) is 29.0. The summed E-state index contributed by atoms with van der Waals surface area (Å²) in [5, 5.41) is 35.1. The Kier molecular flexibility index (Phi) is 21.0. The molecule has 668 valence electrons. The number of halogens is 1. The van der Waals surface area contributed by atoms with E-state index in [0.717, 1.165) is 45.2 Å². The first kappa shape index (κ1) is 84.6. The van der Waals surface area contributed by atoms with Gasteiger partial charge >= 0.3 is 7.12 Å². The molecule has 0 amide bonds. The van der Waals surface area contributed by atoms with Gasteiger partial charge in [-0.1, -0.05) is 370 Å². The number of rotatable bonds is 14. The van der Waals surface area contributed by atoms with Crippen LogP contribution in [0.25, 0.3) is 66.1 Å². The lowest BCUT2D eigenvalue weighted by molar-refractivity contribution is -0.0419. The molecule has 0 saturated heterocycles. The maximum Gasteiger partial charge on any atom is 0.488 e. The van der Waals surface area contributed by atoms with Crippen molar-refractivity contribution >= 4 is 164 Å². The van der Waals surface area contributed by atoms with Crippen molar-refractivity contribution in [2.45, 2.75) is 75.0 Å². The van der Waals surface area contributed by atoms with Crippen LogP contribution in [-0.4, -0.2) is 42.4 Å². The van der Waals surface area contributed by atoms with Crippen molar-refractivity contribution in [2.75, 3.05) is 9.80 Å². The van der Waals surface area contributed by atoms with Crippen LogP contribution in [-0.2, 0) is 10.8 Å². The third kappa shape index (κ3) is 13.2. The second-order valence-corrected chi connectivity index (χ2v) is 48.9. The van der Waals surface area contributed by atoms with Crippen molar-refractivity contribution in [3.63, 3.8) is 0 Å². The number of anilines is 6. The molecule has 0 atom stereocenters. The summed E-state index contributed by atoms with van der Waals surface area (Å²) >= 11 is 3.83. The van der Waals surface area contributed by atoms with Gasteiger partial charge in [-0.2, -0.15) is 0 Å². The van der Waals surface area contributed by atoms with Gasteiger partial charge in [0.2, 0.25) is 0 Å². The zero-order valence-corrected chi connectivity index (χ0v) is 80.8. The first-order valence-corrected chi connectivity index (χ1v) is 54.7. The highest BCUT2D eigenvalue weighted by Gasteiger charge is 2.63. The summed E-state index contributed by atoms with van der Waals surface area (Å²) < 4.78 is 6.02. The van der Waals surface area contributed by atoms with Crippen LogP contribution in [0, 0.1) is 47.3 Å². The van der Waals surface area contributed by atoms with Crippen molar-refractivity contribution < 1.29 is 10.0 Å². The zero-order valence-electron chi connectivity index (χ0n) is 77.2. The topological polar surface area (TPSA) is 56.8 Å². The van der Waals surface area contributed by atoms with E-state index in [0.29, 0.717) is 17.3 Å². The number of hydrogen-bond acceptors (Lipinski definition) is 4. The first-order valence-electron chi connectivity index (χ1n) is 49.9. The van der Waals surface area contributed by atoms with Gasteiger partial charge in [-0.3, -0.25) is 0 Å². The predicted octanol–water partition coefficient (Wildman–Crippen LogP) is 25.2. The molecule has 6 nitrogen and oxygen atoms in total. The summed E-state index contributed by atoms with van der Waals surface area (Å²) in [4.78, 5) is 5.18. The molecule has 2 aromatic heterocycles. The zero-order chi connectivity index (χ0) is 91.8. The molecule has 2 spiro atoms. The highest BCUT2D eigenvalue weighted by Crippen LogP contribution is 2.72. The molecule has 30 rings (SSSR count). The van der Waals surface area contributed by atoms with E-state index in [2.05, 4.69) is 460 Å². The lowest BCUT2D eigenvalue weighted by Crippen LogP contribution is -2.75. The van der Waals surface area contributed by atoms with Crippen LogP contribution in [0.2, 0.25) is 0 Å². The van der Waals surface area contributed by atoms with E-state index < -0.39 is 23.3 Å². The lowest BCUT2D eigenvalue weighted by atomic mass is 9.41. The van der Waals surface area contributed by atoms with Gasteiger partial charge in [-0.05, 0) is 293 Å². The highest BCUT2D eigenvalue weighted by molar-refractivity contribution is 9.10. The molecule has 8 fully saturated rings. The molecule has 0 unspecified atom stereocenters. The van der Waals surface area contributed by atoms with E-state index >= 15 is 0 Å². The van der Waals surface area contributed by atoms with Gasteiger partial charge in [-0.15, -0.1) is 0 Å². The maximum atomic E-state index is 9.80. The Balaban J connectivity index is 0.000000118. The summed E-state index contributed by atoms with van der Waals surface area (Å²) in [6, 6.07) is 170. The molecule has 20 aromatic rings. The van der Waals surface area contributed by atoms with Gasteiger partial charge in [0.15, 0.2) is 16.1 Å². The van der Waals surface area contributed by atoms with Gasteiger partial charge in [0.1, 0.15) is 0 Å². The van der Waals surface area contributed by atoms with Gasteiger partial charge in [0.05, 0.1) is 56.2 Å². The van der Waals surface area contributed by atoms with E-state index in [1.807, 2.05) is 30.3 Å². The molecular weight excluding hydrogens is 1770 g/mol. The molecule has 8 saturated carbocycles. The molecule has 10 heteroatoms. The van der Waals surface area contributed by atoms with Gasteiger partial charge < -0.3 is 29.0 Å². The number of benzene rings is 18. The number of fused-ring (bicyclic) bond motifs is 10. The molecule has 4 heterocycles. The summed E-state index contributed by atoms with van der Waals surface area (Å²) in [7, 11) is -6.83. The number of aromatic nitrogens is 2. The Morgan fingerprint density at radius 3 is 0.899 bits per heavy atom. The Bertz CT molecular complexity index is 7680. The largest absolute Gasteiger partial charge is 0.488 e. The van der Waals surface area contributed by atoms with Crippen LogP contribution < -0.4 is 56.8 Å². The fourth-order valence-corrected chi connectivity index (χ4v) is 39.1. The molecule has 8 aliphatic carbocycles. The SMILES string of the molecule is Brc1ccccc1-n1c2ccccc2c2cc(N3c4ccccc4C4(c5ccccc53)C3CC5CC(C3)CC4C5)ccc21.OB(O)c1cccc([Si](c2ccccc2)(c2ccccc2)c2ccccc2)c1.c1ccc([Si](c2ccccc2)(c2ccccc2)c2cccc(-c3ccccc3-n3c4ccccc4c4cc(N5c6ccccc6C6(c7ccccc75)C5CC7CC(C5)CC6C7)ccc43)c2)cc1. The van der Waals surface area contributed by atoms with Gasteiger partial charge in [0.25, 0.3) is 0 Å². The van der Waals surface area contributed by atoms with E-state index in [4.69, 9.17) is 0 Å². The summed E-state index contributed by atoms with van der Waals surface area (Å²) in [6.45, 7) is 0. The molecule has 0 radical (unpaired) electrons. The van der Waals surface area contributed by atoms with Crippen LogP contribution in [0.15, 0.2) is 466 Å². The Morgan fingerprint density at radius 2 is 0.529 bits per heavy atom.